The van der Waals surface area contributed by atoms with Gasteiger partial charge < -0.3 is 5.32 Å². The number of halogens is 2. The molecule has 0 amide bonds. The quantitative estimate of drug-likeness (QED) is 0.916. The van der Waals surface area contributed by atoms with Gasteiger partial charge in [-0.15, -0.1) is 10.2 Å². The molecule has 16 heavy (non-hydrogen) atoms. The number of tetrazole rings is 1. The molecule has 0 spiro atoms. The minimum atomic E-state index is 0.428. The lowest BCUT2D eigenvalue weighted by Gasteiger charge is -2.07. The molecule has 0 aliphatic carbocycles. The van der Waals surface area contributed by atoms with E-state index in [-0.39, 0.29) is 0 Å². The van der Waals surface area contributed by atoms with E-state index < -0.39 is 0 Å². The number of nitrogens with one attached hydrogen (secondary N) is 1. The molecule has 0 fully saturated rings. The zero-order valence-electron chi connectivity index (χ0n) is 8.48. The highest BCUT2D eigenvalue weighted by Crippen LogP contribution is 2.29. The van der Waals surface area contributed by atoms with Gasteiger partial charge in [0, 0.05) is 0 Å². The third-order valence-corrected chi connectivity index (χ3v) is 2.57. The van der Waals surface area contributed by atoms with Gasteiger partial charge in [-0.25, -0.2) is 0 Å². The molecule has 7 heteroatoms. The maximum Gasteiger partial charge on any atom is 0.193 e. The summed E-state index contributed by atoms with van der Waals surface area (Å²) in [5.41, 5.74) is 0.679. The lowest BCUT2D eigenvalue weighted by atomic mass is 10.3. The Kier molecular flexibility index (Phi) is 3.26. The standard InChI is InChI=1S/C9H9Cl2N5/c1-16-14-8(13-15-16)5-12-9-6(10)3-2-4-7(9)11/h2-4,12H,5H2,1H3. The van der Waals surface area contributed by atoms with E-state index in [9.17, 15) is 0 Å². The number of nitrogens with zero attached hydrogens (tertiary/aromatic N) is 4. The van der Waals surface area contributed by atoms with Crippen LogP contribution < -0.4 is 5.32 Å². The summed E-state index contributed by atoms with van der Waals surface area (Å²) in [5, 5.41) is 15.8. The SMILES string of the molecule is Cn1nnc(CNc2c(Cl)cccc2Cl)n1. The third-order valence-electron chi connectivity index (χ3n) is 1.94. The minimum Gasteiger partial charge on any atom is -0.375 e. The van der Waals surface area contributed by atoms with E-state index >= 15 is 0 Å². The van der Waals surface area contributed by atoms with E-state index in [0.717, 1.165) is 0 Å². The Morgan fingerprint density at radius 3 is 2.56 bits per heavy atom. The molecule has 1 aromatic carbocycles. The molecule has 0 saturated carbocycles. The van der Waals surface area contributed by atoms with Crippen molar-refractivity contribution in [3.05, 3.63) is 34.1 Å². The van der Waals surface area contributed by atoms with Gasteiger partial charge in [0.2, 0.25) is 0 Å². The van der Waals surface area contributed by atoms with Gasteiger partial charge in [0.1, 0.15) is 0 Å². The van der Waals surface area contributed by atoms with Gasteiger partial charge in [0.05, 0.1) is 29.3 Å². The highest BCUT2D eigenvalue weighted by Gasteiger charge is 2.06. The first kappa shape index (κ1) is 11.2. The molecule has 5 nitrogen and oxygen atoms in total. The summed E-state index contributed by atoms with van der Waals surface area (Å²) in [5.74, 6) is 0.582. The lowest BCUT2D eigenvalue weighted by molar-refractivity contribution is 0.628. The Hall–Kier alpha value is -1.33. The highest BCUT2D eigenvalue weighted by atomic mass is 35.5. The fourth-order valence-corrected chi connectivity index (χ4v) is 1.76. The second-order valence-electron chi connectivity index (χ2n) is 3.15. The number of benzene rings is 1. The number of hydrogen-bond acceptors (Lipinski definition) is 4. The van der Waals surface area contributed by atoms with Crippen LogP contribution in [0, 0.1) is 0 Å². The third kappa shape index (κ3) is 2.43. The van der Waals surface area contributed by atoms with Gasteiger partial charge >= 0.3 is 0 Å². The number of hydrogen-bond donors (Lipinski definition) is 1. The van der Waals surface area contributed by atoms with E-state index in [0.29, 0.717) is 28.1 Å². The zero-order chi connectivity index (χ0) is 11.5. The van der Waals surface area contributed by atoms with Crippen molar-refractivity contribution in [2.24, 2.45) is 7.05 Å². The topological polar surface area (TPSA) is 55.6 Å². The first-order valence-corrected chi connectivity index (χ1v) is 5.33. The molecule has 2 rings (SSSR count). The van der Waals surface area contributed by atoms with Gasteiger partial charge in [0.15, 0.2) is 5.82 Å². The average molecular weight is 258 g/mol. The van der Waals surface area contributed by atoms with Crippen molar-refractivity contribution in [1.29, 1.82) is 0 Å². The summed E-state index contributed by atoms with van der Waals surface area (Å²) in [4.78, 5) is 1.39. The Balaban J connectivity index is 2.10. The van der Waals surface area contributed by atoms with Gasteiger partial charge in [-0.05, 0) is 17.3 Å². The summed E-state index contributed by atoms with van der Waals surface area (Å²) >= 11 is 12.0. The van der Waals surface area contributed by atoms with Crippen molar-refractivity contribution in [3.63, 3.8) is 0 Å². The van der Waals surface area contributed by atoms with Crippen LogP contribution in [0.25, 0.3) is 0 Å². The molecule has 0 saturated heterocycles. The Bertz CT molecular complexity index is 476. The van der Waals surface area contributed by atoms with Crippen LogP contribution in [0.15, 0.2) is 18.2 Å². The van der Waals surface area contributed by atoms with Crippen LogP contribution in [0.3, 0.4) is 0 Å². The fraction of sp³-hybridized carbons (Fsp3) is 0.222. The minimum absolute atomic E-state index is 0.428. The molecule has 1 N–H and O–H groups in total. The van der Waals surface area contributed by atoms with E-state index in [1.807, 2.05) is 0 Å². The second-order valence-corrected chi connectivity index (χ2v) is 3.96. The van der Waals surface area contributed by atoms with E-state index in [1.54, 1.807) is 25.2 Å². The van der Waals surface area contributed by atoms with Crippen molar-refractivity contribution in [1.82, 2.24) is 20.2 Å². The number of rotatable bonds is 3. The summed E-state index contributed by atoms with van der Waals surface area (Å²) in [6, 6.07) is 5.32. The van der Waals surface area contributed by atoms with Crippen molar-refractivity contribution in [2.45, 2.75) is 6.54 Å². The monoisotopic (exact) mass is 257 g/mol. The molecule has 0 unspecified atom stereocenters. The van der Waals surface area contributed by atoms with Crippen LogP contribution in [-0.2, 0) is 13.6 Å². The lowest BCUT2D eigenvalue weighted by Crippen LogP contribution is -2.03. The molecule has 2 aromatic rings. The van der Waals surface area contributed by atoms with Crippen LogP contribution in [0.5, 0.6) is 0 Å². The van der Waals surface area contributed by atoms with Crippen LogP contribution in [-0.4, -0.2) is 20.2 Å². The molecular formula is C9H9Cl2N5. The number of aryl methyl sites for hydroxylation is 1. The Morgan fingerprint density at radius 1 is 1.31 bits per heavy atom. The molecular weight excluding hydrogens is 249 g/mol. The first-order valence-electron chi connectivity index (χ1n) is 4.57. The van der Waals surface area contributed by atoms with Gasteiger partial charge in [-0.3, -0.25) is 0 Å². The van der Waals surface area contributed by atoms with Crippen LogP contribution >= 0.6 is 23.2 Å². The second kappa shape index (κ2) is 4.67. The van der Waals surface area contributed by atoms with Crippen LogP contribution in [0.2, 0.25) is 10.0 Å². The maximum atomic E-state index is 5.99. The van der Waals surface area contributed by atoms with Crippen molar-refractivity contribution < 1.29 is 0 Å². The van der Waals surface area contributed by atoms with E-state index in [4.69, 9.17) is 23.2 Å². The Morgan fingerprint density at radius 2 is 2.00 bits per heavy atom. The summed E-state index contributed by atoms with van der Waals surface area (Å²) in [7, 11) is 1.71. The van der Waals surface area contributed by atoms with Crippen molar-refractivity contribution in [3.8, 4) is 0 Å². The predicted molar refractivity (Wildman–Crippen MR) is 62.6 cm³/mol. The summed E-state index contributed by atoms with van der Waals surface area (Å²) < 4.78 is 0. The number of anilines is 1. The highest BCUT2D eigenvalue weighted by molar-refractivity contribution is 6.39. The van der Waals surface area contributed by atoms with Gasteiger partial charge in [0.25, 0.3) is 0 Å². The van der Waals surface area contributed by atoms with E-state index in [1.165, 1.54) is 4.80 Å². The summed E-state index contributed by atoms with van der Waals surface area (Å²) in [6.45, 7) is 0.428. The smallest absolute Gasteiger partial charge is 0.193 e. The largest absolute Gasteiger partial charge is 0.375 e. The van der Waals surface area contributed by atoms with Crippen molar-refractivity contribution >= 4 is 28.9 Å². The maximum absolute atomic E-state index is 5.99. The van der Waals surface area contributed by atoms with Gasteiger partial charge in [-0.1, -0.05) is 29.3 Å². The molecule has 84 valence electrons. The number of aromatic nitrogens is 4. The summed E-state index contributed by atoms with van der Waals surface area (Å²) in [6.07, 6.45) is 0. The number of para-hydroxylation sites is 1. The Labute approximate surface area is 102 Å². The molecule has 1 aromatic heterocycles. The predicted octanol–water partition coefficient (Wildman–Crippen LogP) is 2.13. The van der Waals surface area contributed by atoms with Crippen LogP contribution in [0.4, 0.5) is 5.69 Å². The van der Waals surface area contributed by atoms with Crippen molar-refractivity contribution in [2.75, 3.05) is 5.32 Å². The van der Waals surface area contributed by atoms with E-state index in [2.05, 4.69) is 20.7 Å². The van der Waals surface area contributed by atoms with Gasteiger partial charge in [-0.2, -0.15) is 4.80 Å². The molecule has 0 radical (unpaired) electrons. The fourth-order valence-electron chi connectivity index (χ4n) is 1.23. The average Bonchev–Trinajstić information content (AvgIpc) is 2.63. The molecule has 1 heterocycles. The normalized spacial score (nSPS) is 10.4. The molecule has 0 bridgehead atoms. The molecule has 0 atom stereocenters. The first-order chi connectivity index (χ1) is 7.66. The zero-order valence-corrected chi connectivity index (χ0v) is 10.00. The molecule has 0 aliphatic rings. The van der Waals surface area contributed by atoms with Crippen LogP contribution in [0.1, 0.15) is 5.82 Å². The molecule has 0 aliphatic heterocycles.